The second-order valence-corrected chi connectivity index (χ2v) is 10.3. The van der Waals surface area contributed by atoms with Crippen LogP contribution in [0.25, 0.3) is 0 Å². The molecule has 1 amide bonds. The summed E-state index contributed by atoms with van der Waals surface area (Å²) in [5, 5.41) is 3.44. The lowest BCUT2D eigenvalue weighted by Gasteiger charge is -2.36. The summed E-state index contributed by atoms with van der Waals surface area (Å²) in [6, 6.07) is 8.55. The first kappa shape index (κ1) is 18.7. The molecule has 1 aromatic carbocycles. The zero-order valence-electron chi connectivity index (χ0n) is 14.6. The van der Waals surface area contributed by atoms with Gasteiger partial charge in [0.25, 0.3) is 0 Å². The molecule has 0 aromatic heterocycles. The van der Waals surface area contributed by atoms with Gasteiger partial charge in [0.1, 0.15) is 0 Å². The minimum atomic E-state index is -2.88. The lowest BCUT2D eigenvalue weighted by molar-refractivity contribution is -0.131. The second kappa shape index (κ2) is 8.10. The van der Waals surface area contributed by atoms with E-state index in [1.807, 2.05) is 4.90 Å². The molecule has 2 aliphatic heterocycles. The van der Waals surface area contributed by atoms with Crippen LogP contribution in [-0.2, 0) is 21.1 Å². The van der Waals surface area contributed by atoms with Crippen molar-refractivity contribution in [3.63, 3.8) is 0 Å². The predicted molar refractivity (Wildman–Crippen MR) is 103 cm³/mol. The summed E-state index contributed by atoms with van der Waals surface area (Å²) >= 11 is 1.50. The Morgan fingerprint density at radius 2 is 2.08 bits per heavy atom. The number of thioether (sulfide) groups is 1. The summed E-state index contributed by atoms with van der Waals surface area (Å²) in [6.45, 7) is 4.40. The average molecular weight is 383 g/mol. The van der Waals surface area contributed by atoms with Crippen LogP contribution >= 0.6 is 11.8 Å². The summed E-state index contributed by atoms with van der Waals surface area (Å²) in [4.78, 5) is 14.7. The monoisotopic (exact) mass is 382 g/mol. The third-order valence-corrected chi connectivity index (χ3v) is 8.24. The number of amides is 1. The highest BCUT2D eigenvalue weighted by Crippen LogP contribution is 2.27. The average Bonchev–Trinajstić information content (AvgIpc) is 2.98. The fraction of sp³-hybridized carbons (Fsp3) is 0.611. The van der Waals surface area contributed by atoms with Crippen LogP contribution in [0.3, 0.4) is 0 Å². The van der Waals surface area contributed by atoms with E-state index < -0.39 is 9.84 Å². The SMILES string of the molecule is CCc1ccc(C2CNCCN2C(=O)CSC2CCS(=O)(=O)C2)cc1. The molecule has 0 radical (unpaired) electrons. The van der Waals surface area contributed by atoms with Crippen LogP contribution in [0.2, 0.25) is 0 Å². The number of hydrogen-bond donors (Lipinski definition) is 1. The lowest BCUT2D eigenvalue weighted by atomic mass is 10.0. The van der Waals surface area contributed by atoms with Crippen molar-refractivity contribution in [2.75, 3.05) is 36.9 Å². The van der Waals surface area contributed by atoms with Crippen molar-refractivity contribution in [1.29, 1.82) is 0 Å². The number of sulfone groups is 1. The summed E-state index contributed by atoms with van der Waals surface area (Å²) in [5.74, 6) is 0.956. The molecule has 3 rings (SSSR count). The van der Waals surface area contributed by atoms with Crippen molar-refractivity contribution in [1.82, 2.24) is 10.2 Å². The van der Waals surface area contributed by atoms with E-state index in [-0.39, 0.29) is 28.7 Å². The minimum absolute atomic E-state index is 0.0556. The Balaban J connectivity index is 1.62. The third kappa shape index (κ3) is 4.77. The topological polar surface area (TPSA) is 66.5 Å². The van der Waals surface area contributed by atoms with Crippen LogP contribution in [-0.4, -0.2) is 61.4 Å². The number of carbonyl (C=O) groups is 1. The van der Waals surface area contributed by atoms with Crippen molar-refractivity contribution in [3.8, 4) is 0 Å². The molecule has 5 nitrogen and oxygen atoms in total. The molecule has 2 aliphatic rings. The van der Waals surface area contributed by atoms with Crippen LogP contribution in [0.5, 0.6) is 0 Å². The zero-order valence-corrected chi connectivity index (χ0v) is 16.2. The van der Waals surface area contributed by atoms with Gasteiger partial charge >= 0.3 is 0 Å². The van der Waals surface area contributed by atoms with Gasteiger partial charge in [0.15, 0.2) is 9.84 Å². The zero-order chi connectivity index (χ0) is 17.9. The van der Waals surface area contributed by atoms with Gasteiger partial charge in [-0.3, -0.25) is 4.79 Å². The van der Waals surface area contributed by atoms with Crippen molar-refractivity contribution >= 4 is 27.5 Å². The maximum absolute atomic E-state index is 12.8. The molecular weight excluding hydrogens is 356 g/mol. The van der Waals surface area contributed by atoms with Crippen LogP contribution in [0.4, 0.5) is 0 Å². The Morgan fingerprint density at radius 1 is 1.32 bits per heavy atom. The number of nitrogens with one attached hydrogen (secondary N) is 1. The first-order valence-electron chi connectivity index (χ1n) is 8.89. The molecule has 25 heavy (non-hydrogen) atoms. The molecule has 138 valence electrons. The number of nitrogens with zero attached hydrogens (tertiary/aromatic N) is 1. The largest absolute Gasteiger partial charge is 0.332 e. The van der Waals surface area contributed by atoms with E-state index in [1.165, 1.54) is 17.3 Å². The van der Waals surface area contributed by atoms with Gasteiger partial charge in [-0.2, -0.15) is 0 Å². The molecule has 0 spiro atoms. The number of aryl methyl sites for hydroxylation is 1. The molecule has 2 heterocycles. The van der Waals surface area contributed by atoms with E-state index in [0.717, 1.165) is 25.1 Å². The van der Waals surface area contributed by atoms with Gasteiger partial charge < -0.3 is 10.2 Å². The molecule has 0 saturated carbocycles. The molecule has 0 aliphatic carbocycles. The fourth-order valence-electron chi connectivity index (χ4n) is 3.44. The summed E-state index contributed by atoms with van der Waals surface area (Å²) in [5.41, 5.74) is 2.45. The maximum atomic E-state index is 12.8. The van der Waals surface area contributed by atoms with Crippen molar-refractivity contribution in [2.45, 2.75) is 31.1 Å². The van der Waals surface area contributed by atoms with Gasteiger partial charge in [-0.15, -0.1) is 11.8 Å². The summed E-state index contributed by atoms with van der Waals surface area (Å²) in [7, 11) is -2.88. The van der Waals surface area contributed by atoms with E-state index >= 15 is 0 Å². The summed E-state index contributed by atoms with van der Waals surface area (Å²) in [6.07, 6.45) is 1.68. The number of benzene rings is 1. The van der Waals surface area contributed by atoms with E-state index in [0.29, 0.717) is 18.7 Å². The Bertz CT molecular complexity index is 704. The Morgan fingerprint density at radius 3 is 2.72 bits per heavy atom. The van der Waals surface area contributed by atoms with Gasteiger partial charge in [0.2, 0.25) is 5.91 Å². The normalized spacial score (nSPS) is 25.9. The van der Waals surface area contributed by atoms with Crippen LogP contribution in [0.1, 0.15) is 30.5 Å². The number of rotatable bonds is 5. The van der Waals surface area contributed by atoms with E-state index in [9.17, 15) is 13.2 Å². The van der Waals surface area contributed by atoms with Crippen LogP contribution < -0.4 is 5.32 Å². The molecule has 1 N–H and O–H groups in total. The van der Waals surface area contributed by atoms with E-state index in [4.69, 9.17) is 0 Å². The Hall–Kier alpha value is -1.05. The molecule has 2 unspecified atom stereocenters. The highest BCUT2D eigenvalue weighted by Gasteiger charge is 2.31. The van der Waals surface area contributed by atoms with Crippen LogP contribution in [0.15, 0.2) is 24.3 Å². The maximum Gasteiger partial charge on any atom is 0.233 e. The quantitative estimate of drug-likeness (QED) is 0.839. The highest BCUT2D eigenvalue weighted by atomic mass is 32.2. The van der Waals surface area contributed by atoms with Gasteiger partial charge in [-0.05, 0) is 24.0 Å². The summed E-state index contributed by atoms with van der Waals surface area (Å²) < 4.78 is 23.1. The molecule has 1 aromatic rings. The molecule has 7 heteroatoms. The predicted octanol–water partition coefficient (Wildman–Crippen LogP) is 1.64. The number of hydrogen-bond acceptors (Lipinski definition) is 5. The lowest BCUT2D eigenvalue weighted by Crippen LogP contribution is -2.49. The van der Waals surface area contributed by atoms with E-state index in [2.05, 4.69) is 36.5 Å². The Labute approximate surface area is 154 Å². The van der Waals surface area contributed by atoms with E-state index in [1.54, 1.807) is 0 Å². The second-order valence-electron chi connectivity index (χ2n) is 6.74. The third-order valence-electron chi connectivity index (χ3n) is 4.97. The van der Waals surface area contributed by atoms with Gasteiger partial charge in [0, 0.05) is 24.9 Å². The van der Waals surface area contributed by atoms with Crippen molar-refractivity contribution in [2.24, 2.45) is 0 Å². The van der Waals surface area contributed by atoms with Gasteiger partial charge in [-0.25, -0.2) is 8.42 Å². The van der Waals surface area contributed by atoms with Crippen molar-refractivity contribution < 1.29 is 13.2 Å². The molecule has 2 atom stereocenters. The molecule has 2 saturated heterocycles. The molecular formula is C18H26N2O3S2. The first-order chi connectivity index (χ1) is 12.0. The minimum Gasteiger partial charge on any atom is -0.332 e. The smallest absolute Gasteiger partial charge is 0.233 e. The number of piperazine rings is 1. The van der Waals surface area contributed by atoms with Crippen molar-refractivity contribution in [3.05, 3.63) is 35.4 Å². The Kier molecular flexibility index (Phi) is 6.07. The standard InChI is InChI=1S/C18H26N2O3S2/c1-2-14-3-5-15(6-4-14)17-11-19-8-9-20(17)18(21)12-24-16-7-10-25(22,23)13-16/h3-6,16-17,19H,2,7-13H2,1H3. The first-order valence-corrected chi connectivity index (χ1v) is 11.8. The number of carbonyl (C=O) groups excluding carboxylic acids is 1. The highest BCUT2D eigenvalue weighted by molar-refractivity contribution is 8.02. The van der Waals surface area contributed by atoms with Gasteiger partial charge in [-0.1, -0.05) is 31.2 Å². The van der Waals surface area contributed by atoms with Crippen LogP contribution in [0, 0.1) is 0 Å². The van der Waals surface area contributed by atoms with Gasteiger partial charge in [0.05, 0.1) is 23.3 Å². The molecule has 0 bridgehead atoms. The molecule has 2 fully saturated rings. The fourth-order valence-corrected chi connectivity index (χ4v) is 6.97.